The lowest BCUT2D eigenvalue weighted by atomic mass is 9.96. The fourth-order valence-corrected chi connectivity index (χ4v) is 1.49. The van der Waals surface area contributed by atoms with Crippen LogP contribution in [-0.2, 0) is 16.1 Å². The molecule has 0 unspecified atom stereocenters. The van der Waals surface area contributed by atoms with E-state index < -0.39 is 5.41 Å². The van der Waals surface area contributed by atoms with E-state index in [1.54, 1.807) is 0 Å². The maximum atomic E-state index is 11.6. The Balaban J connectivity index is 2.37. The highest BCUT2D eigenvalue weighted by Crippen LogP contribution is 2.11. The number of carbonyl (C=O) groups is 2. The smallest absolute Gasteiger partial charge is 0.239 e. The number of carbonyl (C=O) groups excluding carboxylic acids is 2. The highest BCUT2D eigenvalue weighted by Gasteiger charge is 2.21. The number of benzene rings is 1. The molecule has 0 aliphatic heterocycles. The highest BCUT2D eigenvalue weighted by molar-refractivity contribution is 5.87. The van der Waals surface area contributed by atoms with Crippen molar-refractivity contribution in [3.05, 3.63) is 35.4 Å². The van der Waals surface area contributed by atoms with Gasteiger partial charge in [-0.15, -0.1) is 0 Å². The van der Waals surface area contributed by atoms with E-state index in [4.69, 9.17) is 0 Å². The number of aryl methyl sites for hydroxylation is 1. The zero-order chi connectivity index (χ0) is 14.5. The second-order valence-electron chi connectivity index (χ2n) is 5.64. The van der Waals surface area contributed by atoms with Gasteiger partial charge < -0.3 is 10.6 Å². The van der Waals surface area contributed by atoms with Crippen molar-refractivity contribution in [1.82, 2.24) is 10.6 Å². The molecule has 4 nitrogen and oxygen atoms in total. The molecule has 19 heavy (non-hydrogen) atoms. The first-order valence-electron chi connectivity index (χ1n) is 6.40. The van der Waals surface area contributed by atoms with Gasteiger partial charge in [-0.1, -0.05) is 45.0 Å². The Morgan fingerprint density at radius 2 is 1.74 bits per heavy atom. The Bertz CT molecular complexity index is 461. The summed E-state index contributed by atoms with van der Waals surface area (Å²) in [6.45, 7) is 7.94. The molecule has 2 N–H and O–H groups in total. The molecule has 2 amide bonds. The van der Waals surface area contributed by atoms with Crippen LogP contribution in [0.1, 0.15) is 31.9 Å². The van der Waals surface area contributed by atoms with Crippen LogP contribution in [0.5, 0.6) is 0 Å². The summed E-state index contributed by atoms with van der Waals surface area (Å²) in [6, 6.07) is 7.88. The molecule has 0 saturated heterocycles. The second-order valence-corrected chi connectivity index (χ2v) is 5.64. The van der Waals surface area contributed by atoms with Crippen molar-refractivity contribution in [1.29, 1.82) is 0 Å². The van der Waals surface area contributed by atoms with Crippen LogP contribution in [0, 0.1) is 12.3 Å². The molecule has 0 atom stereocenters. The van der Waals surface area contributed by atoms with Crippen LogP contribution in [0.4, 0.5) is 0 Å². The fraction of sp³-hybridized carbons (Fsp3) is 0.467. The van der Waals surface area contributed by atoms with Gasteiger partial charge in [0.1, 0.15) is 0 Å². The van der Waals surface area contributed by atoms with Crippen LogP contribution in [-0.4, -0.2) is 18.4 Å². The number of hydrogen-bond acceptors (Lipinski definition) is 2. The van der Waals surface area contributed by atoms with Gasteiger partial charge >= 0.3 is 0 Å². The van der Waals surface area contributed by atoms with Crippen molar-refractivity contribution in [2.75, 3.05) is 6.54 Å². The van der Waals surface area contributed by atoms with E-state index >= 15 is 0 Å². The molecule has 0 saturated carbocycles. The molecule has 0 spiro atoms. The average Bonchev–Trinajstić information content (AvgIpc) is 2.33. The van der Waals surface area contributed by atoms with E-state index in [1.165, 1.54) is 0 Å². The molecule has 0 aromatic heterocycles. The molecule has 0 radical (unpaired) electrons. The summed E-state index contributed by atoms with van der Waals surface area (Å²) in [5, 5.41) is 5.42. The number of amides is 2. The number of nitrogens with one attached hydrogen (secondary N) is 2. The van der Waals surface area contributed by atoms with Gasteiger partial charge in [0.15, 0.2) is 0 Å². The third kappa shape index (κ3) is 5.12. The average molecular weight is 262 g/mol. The van der Waals surface area contributed by atoms with Gasteiger partial charge in [0.05, 0.1) is 6.54 Å². The lowest BCUT2D eigenvalue weighted by Gasteiger charge is -2.17. The monoisotopic (exact) mass is 262 g/mol. The van der Waals surface area contributed by atoms with Crippen molar-refractivity contribution >= 4 is 11.8 Å². The molecular formula is C15H22N2O2. The first kappa shape index (κ1) is 15.2. The topological polar surface area (TPSA) is 58.2 Å². The molecule has 1 aromatic rings. The lowest BCUT2D eigenvalue weighted by molar-refractivity contribution is -0.131. The van der Waals surface area contributed by atoms with Crippen molar-refractivity contribution in [2.24, 2.45) is 5.41 Å². The standard InChI is InChI=1S/C15H22N2O2/c1-11-7-5-6-8-12(11)9-16-13(18)10-17-14(19)15(2,3)4/h5-8H,9-10H2,1-4H3,(H,16,18)(H,17,19). The Kier molecular flexibility index (Phi) is 5.10. The molecule has 104 valence electrons. The van der Waals surface area contributed by atoms with E-state index in [-0.39, 0.29) is 18.4 Å². The number of hydrogen-bond donors (Lipinski definition) is 2. The van der Waals surface area contributed by atoms with E-state index in [1.807, 2.05) is 52.0 Å². The van der Waals surface area contributed by atoms with E-state index in [9.17, 15) is 9.59 Å². The summed E-state index contributed by atoms with van der Waals surface area (Å²) in [7, 11) is 0. The van der Waals surface area contributed by atoms with Gasteiger partial charge in [0, 0.05) is 12.0 Å². The summed E-state index contributed by atoms with van der Waals surface area (Å²) in [4.78, 5) is 23.2. The van der Waals surface area contributed by atoms with Crippen molar-refractivity contribution in [3.63, 3.8) is 0 Å². The van der Waals surface area contributed by atoms with Crippen LogP contribution in [0.2, 0.25) is 0 Å². The van der Waals surface area contributed by atoms with Gasteiger partial charge in [0.2, 0.25) is 11.8 Å². The lowest BCUT2D eigenvalue weighted by Crippen LogP contribution is -2.41. The quantitative estimate of drug-likeness (QED) is 0.869. The third-order valence-electron chi connectivity index (χ3n) is 2.83. The molecule has 0 fully saturated rings. The zero-order valence-corrected chi connectivity index (χ0v) is 12.0. The molecular weight excluding hydrogens is 240 g/mol. The molecule has 0 heterocycles. The fourth-order valence-electron chi connectivity index (χ4n) is 1.49. The maximum Gasteiger partial charge on any atom is 0.239 e. The Morgan fingerprint density at radius 3 is 2.32 bits per heavy atom. The van der Waals surface area contributed by atoms with Crippen LogP contribution in [0.15, 0.2) is 24.3 Å². The van der Waals surface area contributed by atoms with Crippen LogP contribution in [0.25, 0.3) is 0 Å². The summed E-state index contributed by atoms with van der Waals surface area (Å²) >= 11 is 0. The molecule has 4 heteroatoms. The normalized spacial score (nSPS) is 10.9. The van der Waals surface area contributed by atoms with Crippen LogP contribution < -0.4 is 10.6 Å². The Morgan fingerprint density at radius 1 is 1.11 bits per heavy atom. The third-order valence-corrected chi connectivity index (χ3v) is 2.83. The summed E-state index contributed by atoms with van der Waals surface area (Å²) < 4.78 is 0. The molecule has 1 rings (SSSR count). The molecule has 1 aromatic carbocycles. The van der Waals surface area contributed by atoms with E-state index in [0.29, 0.717) is 6.54 Å². The first-order chi connectivity index (χ1) is 8.80. The molecule has 0 aliphatic carbocycles. The zero-order valence-electron chi connectivity index (χ0n) is 12.0. The van der Waals surface area contributed by atoms with Crippen molar-refractivity contribution in [3.8, 4) is 0 Å². The minimum Gasteiger partial charge on any atom is -0.350 e. The Labute approximate surface area is 114 Å². The van der Waals surface area contributed by atoms with Gasteiger partial charge in [-0.2, -0.15) is 0 Å². The maximum absolute atomic E-state index is 11.6. The van der Waals surface area contributed by atoms with Crippen LogP contribution in [0.3, 0.4) is 0 Å². The minimum atomic E-state index is -0.476. The highest BCUT2D eigenvalue weighted by atomic mass is 16.2. The predicted molar refractivity (Wildman–Crippen MR) is 75.5 cm³/mol. The molecule has 0 bridgehead atoms. The van der Waals surface area contributed by atoms with Crippen molar-refractivity contribution < 1.29 is 9.59 Å². The largest absolute Gasteiger partial charge is 0.350 e. The number of rotatable bonds is 4. The van der Waals surface area contributed by atoms with Gasteiger partial charge in [-0.3, -0.25) is 9.59 Å². The summed E-state index contributed by atoms with van der Waals surface area (Å²) in [6.07, 6.45) is 0. The Hall–Kier alpha value is -1.84. The van der Waals surface area contributed by atoms with Crippen molar-refractivity contribution in [2.45, 2.75) is 34.2 Å². The predicted octanol–water partition coefficient (Wildman–Crippen LogP) is 1.77. The van der Waals surface area contributed by atoms with Crippen LogP contribution >= 0.6 is 0 Å². The summed E-state index contributed by atoms with van der Waals surface area (Å²) in [5.74, 6) is -0.306. The SMILES string of the molecule is Cc1ccccc1CNC(=O)CNC(=O)C(C)(C)C. The van der Waals surface area contributed by atoms with E-state index in [0.717, 1.165) is 11.1 Å². The second kappa shape index (κ2) is 6.36. The van der Waals surface area contributed by atoms with E-state index in [2.05, 4.69) is 10.6 Å². The summed E-state index contributed by atoms with van der Waals surface area (Å²) in [5.41, 5.74) is 1.75. The molecule has 0 aliphatic rings. The van der Waals surface area contributed by atoms with Gasteiger partial charge in [-0.25, -0.2) is 0 Å². The van der Waals surface area contributed by atoms with Gasteiger partial charge in [-0.05, 0) is 18.1 Å². The minimum absolute atomic E-state index is 0.0159. The first-order valence-corrected chi connectivity index (χ1v) is 6.40. The van der Waals surface area contributed by atoms with Gasteiger partial charge in [0.25, 0.3) is 0 Å².